The third-order valence-electron chi connectivity index (χ3n) is 4.48. The highest BCUT2D eigenvalue weighted by Gasteiger charge is 2.22. The summed E-state index contributed by atoms with van der Waals surface area (Å²) in [4.78, 5) is 29.7. The smallest absolute Gasteiger partial charge is 0.326 e. The van der Waals surface area contributed by atoms with Gasteiger partial charge in [-0.25, -0.2) is 13.6 Å². The Hall–Kier alpha value is -1.85. The molecule has 0 saturated carbocycles. The second-order valence-corrected chi connectivity index (χ2v) is 12.2. The molecule has 0 unspecified atom stereocenters. The van der Waals surface area contributed by atoms with E-state index in [-0.39, 0.29) is 22.9 Å². The molecule has 0 spiro atoms. The minimum Gasteiger partial charge on any atom is -0.462 e. The van der Waals surface area contributed by atoms with Gasteiger partial charge in [-0.15, -0.1) is 0 Å². The lowest BCUT2D eigenvalue weighted by atomic mass is 10.0. The molecule has 11 heteroatoms. The lowest BCUT2D eigenvalue weighted by Crippen LogP contribution is -2.30. The van der Waals surface area contributed by atoms with E-state index in [1.165, 1.54) is 28.5 Å². The summed E-state index contributed by atoms with van der Waals surface area (Å²) >= 11 is 4.57. The number of hydrogen-bond acceptors (Lipinski definition) is 6. The molecule has 1 heterocycles. The number of carbonyl (C=O) groups excluding carboxylic acids is 1. The summed E-state index contributed by atoms with van der Waals surface area (Å²) in [5.74, 6) is -0.905. The number of aryl methyl sites for hydroxylation is 1. The van der Waals surface area contributed by atoms with Crippen LogP contribution in [0.3, 0.4) is 0 Å². The number of halogens is 2. The van der Waals surface area contributed by atoms with E-state index in [1.807, 2.05) is 20.8 Å². The summed E-state index contributed by atoms with van der Waals surface area (Å²) in [7, 11) is -1.52. The van der Waals surface area contributed by atoms with Gasteiger partial charge in [-0.1, -0.05) is 23.9 Å². The fraction of sp³-hybridized carbons (Fsp3) is 0.478. The van der Waals surface area contributed by atoms with Crippen LogP contribution >= 0.6 is 27.7 Å². The Balaban J connectivity index is 2.39. The van der Waals surface area contributed by atoms with Crippen molar-refractivity contribution in [3.8, 4) is 0 Å². The van der Waals surface area contributed by atoms with Crippen LogP contribution in [-0.2, 0) is 33.5 Å². The van der Waals surface area contributed by atoms with E-state index < -0.39 is 27.3 Å². The van der Waals surface area contributed by atoms with Crippen LogP contribution in [0.15, 0.2) is 43.1 Å². The van der Waals surface area contributed by atoms with Crippen LogP contribution in [0.2, 0.25) is 0 Å². The second kappa shape index (κ2) is 12.2. The Labute approximate surface area is 214 Å². The number of esters is 1. The highest BCUT2D eigenvalue weighted by molar-refractivity contribution is 9.10. The zero-order valence-corrected chi connectivity index (χ0v) is 23.3. The quantitative estimate of drug-likeness (QED) is 0.187. The molecule has 0 aliphatic rings. The van der Waals surface area contributed by atoms with Crippen LogP contribution in [-0.4, -0.2) is 42.5 Å². The van der Waals surface area contributed by atoms with Crippen molar-refractivity contribution in [1.29, 1.82) is 0 Å². The normalized spacial score (nSPS) is 13.3. The molecule has 7 nitrogen and oxygen atoms in total. The molecule has 0 saturated heterocycles. The van der Waals surface area contributed by atoms with Crippen LogP contribution in [0, 0.1) is 5.82 Å². The molecule has 0 radical (unpaired) electrons. The van der Waals surface area contributed by atoms with Gasteiger partial charge in [0.2, 0.25) is 0 Å². The van der Waals surface area contributed by atoms with Crippen molar-refractivity contribution in [3.05, 3.63) is 56.2 Å². The number of nitrogens with zero attached hydrogens (tertiary/aromatic N) is 3. The average molecular weight is 575 g/mol. The Morgan fingerprint density at radius 2 is 1.91 bits per heavy atom. The topological polar surface area (TPSA) is 90.6 Å². The van der Waals surface area contributed by atoms with Crippen LogP contribution in [0.25, 0.3) is 0 Å². The molecule has 0 aliphatic carbocycles. The summed E-state index contributed by atoms with van der Waals surface area (Å²) < 4.78 is 36.6. The number of thioether (sulfide) groups is 1. The molecular formula is C23H29BrFN3O4S2. The van der Waals surface area contributed by atoms with Gasteiger partial charge in [-0.3, -0.25) is 14.2 Å². The molecule has 2 rings (SSSR count). The molecule has 0 amide bonds. The Bertz CT molecular complexity index is 1140. The molecule has 0 aliphatic heterocycles. The van der Waals surface area contributed by atoms with E-state index in [0.29, 0.717) is 35.0 Å². The molecule has 186 valence electrons. The molecular weight excluding hydrogens is 545 g/mol. The number of carbonyl (C=O) groups is 1. The van der Waals surface area contributed by atoms with Gasteiger partial charge in [0.1, 0.15) is 27.8 Å². The van der Waals surface area contributed by atoms with Gasteiger partial charge in [0.25, 0.3) is 5.56 Å². The molecule has 0 fully saturated rings. The molecule has 1 aromatic heterocycles. The van der Waals surface area contributed by atoms with E-state index >= 15 is 0 Å². The Morgan fingerprint density at radius 1 is 1.29 bits per heavy atom. The van der Waals surface area contributed by atoms with E-state index in [1.54, 1.807) is 32.2 Å². The molecule has 0 N–H and O–H groups in total. The van der Waals surface area contributed by atoms with Crippen LogP contribution in [0.4, 0.5) is 4.39 Å². The fourth-order valence-corrected chi connectivity index (χ4v) is 4.54. The maximum atomic E-state index is 13.4. The Kier molecular flexibility index (Phi) is 10.2. The van der Waals surface area contributed by atoms with Crippen molar-refractivity contribution in [1.82, 2.24) is 9.55 Å². The van der Waals surface area contributed by atoms with Gasteiger partial charge in [-0.2, -0.15) is 4.40 Å². The minimum atomic E-state index is -1.52. The monoisotopic (exact) mass is 573 g/mol. The fourth-order valence-electron chi connectivity index (χ4n) is 2.80. The third kappa shape index (κ3) is 7.84. The van der Waals surface area contributed by atoms with Crippen molar-refractivity contribution in [2.75, 3.05) is 6.26 Å². The second-order valence-electron chi connectivity index (χ2n) is 8.70. The standard InChI is InChI=1S/C23H29BrFN3O4S2/c1-14(2)32-19(29)13-28-21(30)20(24)18(26-22(28)33-6)12-11-17(27-34(31)23(3,4)5)15-7-9-16(25)10-8-15/h7-10,14H,11-13H2,1-6H3/b27-17+/t34-/m1/s1. The van der Waals surface area contributed by atoms with E-state index in [9.17, 15) is 18.2 Å². The molecule has 0 bridgehead atoms. The molecule has 1 atom stereocenters. The zero-order chi connectivity index (χ0) is 25.6. The highest BCUT2D eigenvalue weighted by atomic mass is 79.9. The first kappa shape index (κ1) is 28.4. The number of hydrogen-bond donors (Lipinski definition) is 0. The summed E-state index contributed by atoms with van der Waals surface area (Å²) in [5.41, 5.74) is 1.26. The summed E-state index contributed by atoms with van der Waals surface area (Å²) in [6, 6.07) is 5.81. The van der Waals surface area contributed by atoms with Crippen molar-refractivity contribution in [2.24, 2.45) is 4.40 Å². The van der Waals surface area contributed by atoms with Crippen molar-refractivity contribution in [2.45, 2.75) is 70.0 Å². The number of rotatable bonds is 9. The van der Waals surface area contributed by atoms with Crippen molar-refractivity contribution >= 4 is 50.4 Å². The van der Waals surface area contributed by atoms with E-state index in [2.05, 4.69) is 25.3 Å². The SMILES string of the molecule is CSc1nc(CC/C(=N\[S@](=O)C(C)(C)C)c2ccc(F)cc2)c(Br)c(=O)n1CC(=O)OC(C)C. The molecule has 2 aromatic rings. The number of ether oxygens (including phenoxy) is 1. The number of aromatic nitrogens is 2. The molecule has 1 aromatic carbocycles. The van der Waals surface area contributed by atoms with Crippen LogP contribution in [0.1, 0.15) is 52.3 Å². The Morgan fingerprint density at radius 3 is 2.44 bits per heavy atom. The summed E-state index contributed by atoms with van der Waals surface area (Å²) in [6.07, 6.45) is 2.12. The van der Waals surface area contributed by atoms with Gasteiger partial charge in [0, 0.05) is 0 Å². The number of benzene rings is 1. The predicted molar refractivity (Wildman–Crippen MR) is 138 cm³/mol. The molecule has 34 heavy (non-hydrogen) atoms. The first-order chi connectivity index (χ1) is 15.8. The lowest BCUT2D eigenvalue weighted by molar-refractivity contribution is -0.148. The maximum Gasteiger partial charge on any atom is 0.326 e. The van der Waals surface area contributed by atoms with Gasteiger partial charge in [0.15, 0.2) is 5.16 Å². The maximum absolute atomic E-state index is 13.4. The van der Waals surface area contributed by atoms with Gasteiger partial charge in [-0.05, 0) is 87.3 Å². The van der Waals surface area contributed by atoms with Gasteiger partial charge >= 0.3 is 5.97 Å². The largest absolute Gasteiger partial charge is 0.462 e. The summed E-state index contributed by atoms with van der Waals surface area (Å²) in [6.45, 7) is 8.69. The zero-order valence-electron chi connectivity index (χ0n) is 20.1. The van der Waals surface area contributed by atoms with Crippen LogP contribution in [0.5, 0.6) is 0 Å². The van der Waals surface area contributed by atoms with E-state index in [4.69, 9.17) is 4.74 Å². The highest BCUT2D eigenvalue weighted by Crippen LogP contribution is 2.21. The van der Waals surface area contributed by atoms with Crippen molar-refractivity contribution in [3.63, 3.8) is 0 Å². The van der Waals surface area contributed by atoms with E-state index in [0.717, 1.165) is 0 Å². The summed E-state index contributed by atoms with van der Waals surface area (Å²) in [5, 5.41) is 0.377. The first-order valence-electron chi connectivity index (χ1n) is 10.6. The minimum absolute atomic E-state index is 0.234. The van der Waals surface area contributed by atoms with Gasteiger partial charge in [0.05, 0.1) is 22.3 Å². The first-order valence-corrected chi connectivity index (χ1v) is 13.7. The lowest BCUT2D eigenvalue weighted by Gasteiger charge is -2.16. The van der Waals surface area contributed by atoms with Crippen LogP contribution < -0.4 is 5.56 Å². The predicted octanol–water partition coefficient (Wildman–Crippen LogP) is 4.70. The third-order valence-corrected chi connectivity index (χ3v) is 7.39. The average Bonchev–Trinajstić information content (AvgIpc) is 2.74. The van der Waals surface area contributed by atoms with Crippen molar-refractivity contribution < 1.29 is 18.1 Å². The van der Waals surface area contributed by atoms with Gasteiger partial charge < -0.3 is 4.74 Å².